The molecule has 2 heterocycles. The molecule has 30 heavy (non-hydrogen) atoms. The van der Waals surface area contributed by atoms with E-state index in [1.807, 2.05) is 37.3 Å². The van der Waals surface area contributed by atoms with Crippen LogP contribution in [0.15, 0.2) is 42.5 Å². The molecule has 1 fully saturated rings. The lowest BCUT2D eigenvalue weighted by Gasteiger charge is -2.49. The Bertz CT molecular complexity index is 941. The lowest BCUT2D eigenvalue weighted by molar-refractivity contribution is -0.342. The molecule has 2 aromatic rings. The molecule has 1 spiro atoms. The molecule has 7 nitrogen and oxygen atoms in total. The molecule has 0 aromatic heterocycles. The van der Waals surface area contributed by atoms with Crippen molar-refractivity contribution in [2.24, 2.45) is 0 Å². The third-order valence-corrected chi connectivity index (χ3v) is 5.96. The van der Waals surface area contributed by atoms with Gasteiger partial charge in [-0.05, 0) is 41.3 Å². The molecule has 160 valence electrons. The highest BCUT2D eigenvalue weighted by Gasteiger charge is 2.56. The Morgan fingerprint density at radius 3 is 2.60 bits per heavy atom. The fourth-order valence-corrected chi connectivity index (χ4v) is 4.18. The predicted octanol–water partition coefficient (Wildman–Crippen LogP) is 1.44. The van der Waals surface area contributed by atoms with Crippen LogP contribution in [-0.2, 0) is 11.2 Å². The zero-order valence-corrected chi connectivity index (χ0v) is 16.7. The van der Waals surface area contributed by atoms with E-state index in [-0.39, 0.29) is 12.2 Å². The average Bonchev–Trinajstić information content (AvgIpc) is 2.79. The summed E-state index contributed by atoms with van der Waals surface area (Å²) in [5.74, 6) is -0.943. The van der Waals surface area contributed by atoms with Crippen molar-refractivity contribution in [3.05, 3.63) is 53.6 Å². The van der Waals surface area contributed by atoms with Gasteiger partial charge in [-0.15, -0.1) is 0 Å². The number of carbonyl (C=O) groups is 1. The number of hydrogen-bond acceptors (Lipinski definition) is 7. The minimum atomic E-state index is -1.53. The topological polar surface area (TPSA) is 116 Å². The Balaban J connectivity index is 1.62. The van der Waals surface area contributed by atoms with Crippen molar-refractivity contribution in [3.63, 3.8) is 0 Å². The standard InChI is InChI=1S/C23H26O7/c1-2-17(25)15-5-3-4-13(10-15)14-6-7-18-16(11-14)8-9-23(29-18)22(28)21(27)20(26)19(12-24)30-23/h3-7,10-11,19-22,24,26-28H,2,8-9,12H2,1H3/t19-,20-,21+,22+,23+/m1/s1. The van der Waals surface area contributed by atoms with Crippen LogP contribution < -0.4 is 4.74 Å². The van der Waals surface area contributed by atoms with E-state index in [4.69, 9.17) is 9.47 Å². The molecule has 5 atom stereocenters. The van der Waals surface area contributed by atoms with Gasteiger partial charge >= 0.3 is 0 Å². The second-order valence-electron chi connectivity index (χ2n) is 7.86. The molecule has 2 aliphatic rings. The number of aliphatic hydroxyl groups is 4. The van der Waals surface area contributed by atoms with E-state index in [1.165, 1.54) is 0 Å². The summed E-state index contributed by atoms with van der Waals surface area (Å²) in [5.41, 5.74) is 3.43. The van der Waals surface area contributed by atoms with Gasteiger partial charge in [0.05, 0.1) is 6.61 Å². The largest absolute Gasteiger partial charge is 0.459 e. The van der Waals surface area contributed by atoms with Crippen LogP contribution >= 0.6 is 0 Å². The summed E-state index contributed by atoms with van der Waals surface area (Å²) in [5, 5.41) is 40.2. The van der Waals surface area contributed by atoms with Gasteiger partial charge in [-0.3, -0.25) is 4.79 Å². The highest BCUT2D eigenvalue weighted by atomic mass is 16.7. The SMILES string of the molecule is CCC(=O)c1cccc(-c2ccc3c(c2)CC[C@]2(O3)O[C@H](CO)[C@@H](O)[C@H](O)[C@@H]2O)c1. The van der Waals surface area contributed by atoms with Crippen LogP contribution in [-0.4, -0.2) is 63.0 Å². The average molecular weight is 414 g/mol. The third kappa shape index (κ3) is 3.53. The first-order valence-corrected chi connectivity index (χ1v) is 10.2. The van der Waals surface area contributed by atoms with E-state index in [2.05, 4.69) is 0 Å². The number of ketones is 1. The van der Waals surface area contributed by atoms with Gasteiger partial charge in [0.2, 0.25) is 5.79 Å². The maximum atomic E-state index is 12.0. The minimum Gasteiger partial charge on any atom is -0.459 e. The molecule has 4 rings (SSSR count). The predicted molar refractivity (Wildman–Crippen MR) is 108 cm³/mol. The van der Waals surface area contributed by atoms with Crippen LogP contribution in [0.25, 0.3) is 11.1 Å². The summed E-state index contributed by atoms with van der Waals surface area (Å²) >= 11 is 0. The van der Waals surface area contributed by atoms with E-state index in [0.29, 0.717) is 24.2 Å². The van der Waals surface area contributed by atoms with Crippen molar-refractivity contribution >= 4 is 5.78 Å². The van der Waals surface area contributed by atoms with E-state index < -0.39 is 36.8 Å². The van der Waals surface area contributed by atoms with Gasteiger partial charge in [0, 0.05) is 18.4 Å². The third-order valence-electron chi connectivity index (χ3n) is 5.96. The molecular weight excluding hydrogens is 388 g/mol. The Hall–Kier alpha value is -2.29. The molecule has 0 unspecified atom stereocenters. The second-order valence-corrected chi connectivity index (χ2v) is 7.86. The summed E-state index contributed by atoms with van der Waals surface area (Å²) in [6.45, 7) is 1.33. The van der Waals surface area contributed by atoms with Gasteiger partial charge in [-0.25, -0.2) is 0 Å². The molecule has 4 N–H and O–H groups in total. The molecule has 7 heteroatoms. The van der Waals surface area contributed by atoms with E-state index in [1.54, 1.807) is 12.1 Å². The number of ether oxygens (including phenoxy) is 2. The summed E-state index contributed by atoms with van der Waals surface area (Å²) in [7, 11) is 0. The zero-order chi connectivity index (χ0) is 21.5. The van der Waals surface area contributed by atoms with Crippen molar-refractivity contribution in [3.8, 4) is 16.9 Å². The van der Waals surface area contributed by atoms with Gasteiger partial charge in [0.25, 0.3) is 0 Å². The van der Waals surface area contributed by atoms with E-state index in [9.17, 15) is 25.2 Å². The highest BCUT2D eigenvalue weighted by Crippen LogP contribution is 2.42. The summed E-state index contributed by atoms with van der Waals surface area (Å²) < 4.78 is 11.7. The van der Waals surface area contributed by atoms with Crippen LogP contribution in [0.3, 0.4) is 0 Å². The van der Waals surface area contributed by atoms with Crippen LogP contribution in [0.2, 0.25) is 0 Å². The number of aryl methyl sites for hydroxylation is 1. The van der Waals surface area contributed by atoms with Gasteiger partial charge in [0.15, 0.2) is 5.78 Å². The molecule has 0 radical (unpaired) electrons. The quantitative estimate of drug-likeness (QED) is 0.560. The van der Waals surface area contributed by atoms with Crippen molar-refractivity contribution in [2.75, 3.05) is 6.61 Å². The van der Waals surface area contributed by atoms with Gasteiger partial charge in [0.1, 0.15) is 30.2 Å². The van der Waals surface area contributed by atoms with Crippen LogP contribution in [0, 0.1) is 0 Å². The van der Waals surface area contributed by atoms with Gasteiger partial charge in [-0.1, -0.05) is 31.2 Å². The normalized spacial score (nSPS) is 30.6. The smallest absolute Gasteiger partial charge is 0.240 e. The number of hydrogen-bond donors (Lipinski definition) is 4. The van der Waals surface area contributed by atoms with Crippen LogP contribution in [0.4, 0.5) is 0 Å². The Morgan fingerprint density at radius 2 is 1.87 bits per heavy atom. The van der Waals surface area contributed by atoms with E-state index >= 15 is 0 Å². The summed E-state index contributed by atoms with van der Waals surface area (Å²) in [4.78, 5) is 12.0. The maximum Gasteiger partial charge on any atom is 0.240 e. The number of aliphatic hydroxyl groups excluding tert-OH is 4. The number of Topliss-reactive ketones (excluding diaryl/α,β-unsaturated/α-hetero) is 1. The number of carbonyl (C=O) groups excluding carboxylic acids is 1. The highest BCUT2D eigenvalue weighted by molar-refractivity contribution is 5.97. The fraction of sp³-hybridized carbons (Fsp3) is 0.435. The lowest BCUT2D eigenvalue weighted by atomic mass is 9.86. The second kappa shape index (κ2) is 8.09. The molecule has 0 amide bonds. The molecule has 0 saturated carbocycles. The van der Waals surface area contributed by atoms with Crippen molar-refractivity contribution in [2.45, 2.75) is 56.4 Å². The fourth-order valence-electron chi connectivity index (χ4n) is 4.18. The Kier molecular flexibility index (Phi) is 5.65. The molecule has 1 saturated heterocycles. The summed E-state index contributed by atoms with van der Waals surface area (Å²) in [6.07, 6.45) is -4.20. The Labute approximate surface area is 174 Å². The first kappa shape index (κ1) is 21.0. The monoisotopic (exact) mass is 414 g/mol. The minimum absolute atomic E-state index is 0.0858. The first-order valence-electron chi connectivity index (χ1n) is 10.2. The molecule has 0 bridgehead atoms. The van der Waals surface area contributed by atoms with Crippen molar-refractivity contribution in [1.82, 2.24) is 0 Å². The first-order chi connectivity index (χ1) is 14.4. The maximum absolute atomic E-state index is 12.0. The van der Waals surface area contributed by atoms with Crippen LogP contribution in [0.5, 0.6) is 5.75 Å². The van der Waals surface area contributed by atoms with Crippen LogP contribution in [0.1, 0.15) is 35.7 Å². The number of fused-ring (bicyclic) bond motifs is 1. The van der Waals surface area contributed by atoms with Crippen molar-refractivity contribution in [1.29, 1.82) is 0 Å². The molecular formula is C23H26O7. The molecule has 2 aliphatic heterocycles. The van der Waals surface area contributed by atoms with E-state index in [0.717, 1.165) is 16.7 Å². The van der Waals surface area contributed by atoms with Gasteiger partial charge < -0.3 is 29.9 Å². The Morgan fingerprint density at radius 1 is 1.10 bits per heavy atom. The number of rotatable bonds is 4. The van der Waals surface area contributed by atoms with Crippen molar-refractivity contribution < 1.29 is 34.7 Å². The molecule has 2 aromatic carbocycles. The zero-order valence-electron chi connectivity index (χ0n) is 16.7. The van der Waals surface area contributed by atoms with Gasteiger partial charge in [-0.2, -0.15) is 0 Å². The summed E-state index contributed by atoms with van der Waals surface area (Å²) in [6, 6.07) is 13.1. The number of benzene rings is 2. The molecule has 0 aliphatic carbocycles. The lowest BCUT2D eigenvalue weighted by Crippen LogP contribution is -2.68.